The number of nitrogens with zero attached hydrogens (tertiary/aromatic N) is 2. The molecule has 0 fully saturated rings. The summed E-state index contributed by atoms with van der Waals surface area (Å²) in [7, 11) is 0. The average Bonchev–Trinajstić information content (AvgIpc) is 2.14. The summed E-state index contributed by atoms with van der Waals surface area (Å²) in [5.41, 5.74) is 0. The van der Waals surface area contributed by atoms with Crippen molar-refractivity contribution in [2.75, 3.05) is 0 Å². The molecule has 0 N–H and O–H groups in total. The van der Waals surface area contributed by atoms with Gasteiger partial charge in [0, 0.05) is 0 Å². The van der Waals surface area contributed by atoms with Crippen molar-refractivity contribution in [1.82, 2.24) is 10.1 Å². The highest BCUT2D eigenvalue weighted by atomic mass is 16.5. The van der Waals surface area contributed by atoms with Gasteiger partial charge in [-0.25, -0.2) is 0 Å². The van der Waals surface area contributed by atoms with Gasteiger partial charge in [0.2, 0.25) is 12.2 Å². The van der Waals surface area contributed by atoms with Crippen LogP contribution in [0.4, 0.5) is 0 Å². The molecular formula is C4HN2O. The van der Waals surface area contributed by atoms with E-state index in [9.17, 15) is 0 Å². The van der Waals surface area contributed by atoms with E-state index in [2.05, 4.69) is 14.7 Å². The molecule has 1 rings (SSSR count). The van der Waals surface area contributed by atoms with Crippen LogP contribution in [0.25, 0.3) is 0 Å². The van der Waals surface area contributed by atoms with E-state index in [-0.39, 0.29) is 5.82 Å². The zero-order valence-electron chi connectivity index (χ0n) is 3.38. The largest absolute Gasteiger partial charge is 0.342 e. The van der Waals surface area contributed by atoms with Crippen molar-refractivity contribution >= 4 is 0 Å². The van der Waals surface area contributed by atoms with E-state index >= 15 is 0 Å². The van der Waals surface area contributed by atoms with Crippen molar-refractivity contribution in [3.05, 3.63) is 18.6 Å². The number of hydrogen-bond donors (Lipinski definition) is 0. The van der Waals surface area contributed by atoms with Crippen LogP contribution in [0, 0.1) is 12.3 Å². The summed E-state index contributed by atoms with van der Waals surface area (Å²) in [6.07, 6.45) is 7.58. The molecule has 0 amide bonds. The lowest BCUT2D eigenvalue weighted by atomic mass is 10.7. The van der Waals surface area contributed by atoms with Crippen LogP contribution in [0.3, 0.4) is 0 Å². The second-order valence-corrected chi connectivity index (χ2v) is 0.880. The Morgan fingerprint density at radius 1 is 1.86 bits per heavy atom. The van der Waals surface area contributed by atoms with Gasteiger partial charge in [0.1, 0.15) is 0 Å². The molecule has 0 bridgehead atoms. The molecule has 0 aromatic carbocycles. The van der Waals surface area contributed by atoms with Crippen LogP contribution in [0.2, 0.25) is 0 Å². The maximum atomic E-state index is 6.43. The summed E-state index contributed by atoms with van der Waals surface area (Å²) in [6, 6.07) is 0. The predicted octanol–water partition coefficient (Wildman–Crippen LogP) is 0.00749. The van der Waals surface area contributed by atoms with E-state index in [4.69, 9.17) is 6.42 Å². The van der Waals surface area contributed by atoms with Gasteiger partial charge in [0.25, 0.3) is 0 Å². The summed E-state index contributed by atoms with van der Waals surface area (Å²) < 4.78 is 4.26. The molecule has 1 heterocycles. The summed E-state index contributed by atoms with van der Waals surface area (Å²) in [5, 5.41) is 3.25. The lowest BCUT2D eigenvalue weighted by molar-refractivity contribution is 0.415. The minimum atomic E-state index is 0.181. The van der Waals surface area contributed by atoms with Gasteiger partial charge in [-0.05, 0) is 17.5 Å². The molecular weight excluding hydrogens is 92.1 g/mol. The van der Waals surface area contributed by atoms with E-state index in [0.717, 1.165) is 6.39 Å². The van der Waals surface area contributed by atoms with Gasteiger partial charge in [-0.3, -0.25) is 0 Å². The first-order valence-corrected chi connectivity index (χ1v) is 1.62. The fourth-order valence-electron chi connectivity index (χ4n) is 0.226. The topological polar surface area (TPSA) is 38.9 Å². The van der Waals surface area contributed by atoms with Crippen LogP contribution in [0.1, 0.15) is 5.82 Å². The van der Waals surface area contributed by atoms with Gasteiger partial charge < -0.3 is 4.52 Å². The van der Waals surface area contributed by atoms with Crippen molar-refractivity contribution in [2.45, 2.75) is 0 Å². The highest BCUT2D eigenvalue weighted by Gasteiger charge is 1.85. The molecule has 0 aliphatic rings. The molecule has 0 aliphatic heterocycles. The number of hydrogen-bond acceptors (Lipinski definition) is 3. The van der Waals surface area contributed by atoms with E-state index in [1.54, 1.807) is 0 Å². The third kappa shape index (κ3) is 0.578. The van der Waals surface area contributed by atoms with Crippen LogP contribution in [-0.4, -0.2) is 10.1 Å². The molecule has 1 aromatic heterocycles. The Balaban J connectivity index is 3.04. The lowest BCUT2D eigenvalue weighted by Crippen LogP contribution is -1.70. The van der Waals surface area contributed by atoms with Crippen molar-refractivity contribution in [3.63, 3.8) is 0 Å². The van der Waals surface area contributed by atoms with Crippen LogP contribution in [0.5, 0.6) is 0 Å². The lowest BCUT2D eigenvalue weighted by Gasteiger charge is -1.60. The number of rotatable bonds is 0. The summed E-state index contributed by atoms with van der Waals surface area (Å²) in [6.45, 7) is 0. The smallest absolute Gasteiger partial charge is 0.247 e. The zero-order chi connectivity index (χ0) is 5.11. The monoisotopic (exact) mass is 93.0 g/mol. The fraction of sp³-hybridized carbons (Fsp3) is 0. The zero-order valence-corrected chi connectivity index (χ0v) is 3.38. The Morgan fingerprint density at radius 2 is 2.71 bits per heavy atom. The summed E-state index contributed by atoms with van der Waals surface area (Å²) in [4.78, 5) is 3.46. The Labute approximate surface area is 40.3 Å². The predicted molar refractivity (Wildman–Crippen MR) is 20.5 cm³/mol. The Morgan fingerprint density at radius 3 is 3.00 bits per heavy atom. The molecule has 7 heavy (non-hydrogen) atoms. The number of aromatic nitrogens is 2. The molecule has 1 radical (unpaired) electrons. The molecule has 0 saturated carbocycles. The highest BCUT2D eigenvalue weighted by Crippen LogP contribution is 1.79. The van der Waals surface area contributed by atoms with E-state index < -0.39 is 0 Å². The third-order valence-corrected chi connectivity index (χ3v) is 0.473. The first kappa shape index (κ1) is 3.88. The molecule has 0 spiro atoms. The highest BCUT2D eigenvalue weighted by molar-refractivity contribution is 5.06. The Bertz CT molecular complexity index is 172. The van der Waals surface area contributed by atoms with Crippen molar-refractivity contribution in [3.8, 4) is 5.92 Å². The second-order valence-electron chi connectivity index (χ2n) is 0.880. The van der Waals surface area contributed by atoms with E-state index in [1.807, 2.05) is 5.92 Å². The third-order valence-electron chi connectivity index (χ3n) is 0.473. The van der Waals surface area contributed by atoms with Gasteiger partial charge in [-0.1, -0.05) is 0 Å². The van der Waals surface area contributed by atoms with E-state index in [1.165, 1.54) is 0 Å². The van der Waals surface area contributed by atoms with E-state index in [0.29, 0.717) is 0 Å². The summed E-state index contributed by atoms with van der Waals surface area (Å²) in [5.74, 6) is 2.12. The van der Waals surface area contributed by atoms with Crippen molar-refractivity contribution in [2.24, 2.45) is 0 Å². The first-order chi connectivity index (χ1) is 3.43. The van der Waals surface area contributed by atoms with Crippen LogP contribution < -0.4 is 0 Å². The molecule has 3 heteroatoms. The fourth-order valence-corrected chi connectivity index (χ4v) is 0.226. The normalized spacial score (nSPS) is 7.86. The quantitative estimate of drug-likeness (QED) is 0.424. The van der Waals surface area contributed by atoms with Crippen molar-refractivity contribution < 1.29 is 4.52 Å². The SMILES string of the molecule is [C]#Cc1ncon1. The molecule has 0 atom stereocenters. The van der Waals surface area contributed by atoms with Gasteiger partial charge in [-0.15, -0.1) is 0 Å². The van der Waals surface area contributed by atoms with Gasteiger partial charge >= 0.3 is 0 Å². The molecule has 33 valence electrons. The molecule has 0 saturated heterocycles. The summed E-state index contributed by atoms with van der Waals surface area (Å²) >= 11 is 0. The standard InChI is InChI=1S/C4HN2O/c1-2-4-5-3-7-6-4/h3H. The van der Waals surface area contributed by atoms with Gasteiger partial charge in [0.05, 0.1) is 0 Å². The maximum Gasteiger partial charge on any atom is 0.247 e. The molecule has 0 aliphatic carbocycles. The van der Waals surface area contributed by atoms with Crippen LogP contribution in [0.15, 0.2) is 10.9 Å². The minimum absolute atomic E-state index is 0.181. The second kappa shape index (κ2) is 1.43. The Hall–Kier alpha value is -1.30. The van der Waals surface area contributed by atoms with Crippen LogP contribution >= 0.6 is 0 Å². The maximum absolute atomic E-state index is 6.43. The molecule has 1 aromatic rings. The first-order valence-electron chi connectivity index (χ1n) is 1.62. The van der Waals surface area contributed by atoms with Crippen molar-refractivity contribution in [1.29, 1.82) is 0 Å². The van der Waals surface area contributed by atoms with Gasteiger partial charge in [-0.2, -0.15) is 4.98 Å². The molecule has 3 nitrogen and oxygen atoms in total. The Kier molecular flexibility index (Phi) is 0.794. The molecule has 0 unspecified atom stereocenters. The van der Waals surface area contributed by atoms with Gasteiger partial charge in [0.15, 0.2) is 0 Å². The minimum Gasteiger partial charge on any atom is -0.342 e. The van der Waals surface area contributed by atoms with Crippen LogP contribution in [-0.2, 0) is 0 Å². The average molecular weight is 93.1 g/mol.